The molecule has 0 atom stereocenters. The number of carbonyl (C=O) groups is 2. The van der Waals surface area contributed by atoms with Crippen LogP contribution < -0.4 is 5.73 Å². The summed E-state index contributed by atoms with van der Waals surface area (Å²) in [7, 11) is 0. The Morgan fingerprint density at radius 1 is 1.33 bits per heavy atom. The summed E-state index contributed by atoms with van der Waals surface area (Å²) in [5, 5.41) is 0. The maximum atomic E-state index is 11.0. The second-order valence-corrected chi connectivity index (χ2v) is 2.72. The van der Waals surface area contributed by atoms with E-state index in [2.05, 4.69) is 4.74 Å². The van der Waals surface area contributed by atoms with Gasteiger partial charge in [0, 0.05) is 13.1 Å². The van der Waals surface area contributed by atoms with E-state index in [0.717, 1.165) is 25.9 Å². The van der Waals surface area contributed by atoms with Crippen LogP contribution in [0.1, 0.15) is 12.8 Å². The Bertz CT molecular complexity index is 187. The maximum absolute atomic E-state index is 11.0. The number of amides is 2. The van der Waals surface area contributed by atoms with E-state index in [1.54, 1.807) is 4.90 Å². The third-order valence-electron chi connectivity index (χ3n) is 1.70. The minimum atomic E-state index is -0.623. The Kier molecular flexibility index (Phi) is 2.90. The molecule has 0 unspecified atom stereocenters. The Hall–Kier alpha value is -1.26. The van der Waals surface area contributed by atoms with Crippen molar-refractivity contribution in [2.45, 2.75) is 12.8 Å². The fourth-order valence-electron chi connectivity index (χ4n) is 1.12. The molecule has 0 aliphatic carbocycles. The maximum Gasteiger partial charge on any atom is 0.410 e. The van der Waals surface area contributed by atoms with Crippen LogP contribution in [0.15, 0.2) is 0 Å². The predicted molar refractivity (Wildman–Crippen MR) is 41.3 cm³/mol. The lowest BCUT2D eigenvalue weighted by Crippen LogP contribution is -2.31. The topological polar surface area (TPSA) is 72.6 Å². The lowest BCUT2D eigenvalue weighted by atomic mass is 10.4. The zero-order chi connectivity index (χ0) is 8.97. The SMILES string of the molecule is NC(=O)COC(=O)N1CCCC1. The molecule has 1 fully saturated rings. The molecule has 1 rings (SSSR count). The number of primary amides is 1. The molecule has 2 N–H and O–H groups in total. The van der Waals surface area contributed by atoms with Gasteiger partial charge in [-0.15, -0.1) is 0 Å². The molecule has 5 nitrogen and oxygen atoms in total. The molecule has 2 amide bonds. The van der Waals surface area contributed by atoms with Crippen LogP contribution in [0.25, 0.3) is 0 Å². The van der Waals surface area contributed by atoms with Crippen LogP contribution in [-0.4, -0.2) is 36.6 Å². The van der Waals surface area contributed by atoms with Crippen molar-refractivity contribution < 1.29 is 14.3 Å². The first-order valence-corrected chi connectivity index (χ1v) is 3.90. The van der Waals surface area contributed by atoms with Crippen molar-refractivity contribution in [3.63, 3.8) is 0 Å². The highest BCUT2D eigenvalue weighted by molar-refractivity contribution is 5.78. The van der Waals surface area contributed by atoms with Crippen LogP contribution in [0, 0.1) is 0 Å². The highest BCUT2D eigenvalue weighted by atomic mass is 16.6. The first kappa shape index (κ1) is 8.83. The Labute approximate surface area is 70.5 Å². The molecular formula is C7H12N2O3. The molecule has 1 aliphatic heterocycles. The molecule has 0 aromatic heterocycles. The molecule has 0 saturated carbocycles. The fourth-order valence-corrected chi connectivity index (χ4v) is 1.12. The van der Waals surface area contributed by atoms with Crippen molar-refractivity contribution in [1.29, 1.82) is 0 Å². The number of hydrogen-bond acceptors (Lipinski definition) is 3. The van der Waals surface area contributed by atoms with Crippen molar-refractivity contribution in [2.75, 3.05) is 19.7 Å². The molecule has 12 heavy (non-hydrogen) atoms. The van der Waals surface area contributed by atoms with E-state index in [1.807, 2.05) is 0 Å². The normalized spacial score (nSPS) is 16.2. The highest BCUT2D eigenvalue weighted by Gasteiger charge is 2.19. The van der Waals surface area contributed by atoms with Gasteiger partial charge in [-0.2, -0.15) is 0 Å². The third kappa shape index (κ3) is 2.41. The number of nitrogens with zero attached hydrogens (tertiary/aromatic N) is 1. The summed E-state index contributed by atoms with van der Waals surface area (Å²) in [5.74, 6) is -0.623. The molecule has 1 saturated heterocycles. The molecule has 5 heteroatoms. The molecule has 0 aromatic rings. The molecule has 0 bridgehead atoms. The second kappa shape index (κ2) is 3.94. The zero-order valence-electron chi connectivity index (χ0n) is 6.78. The Morgan fingerprint density at radius 2 is 1.92 bits per heavy atom. The summed E-state index contributed by atoms with van der Waals surface area (Å²) >= 11 is 0. The van der Waals surface area contributed by atoms with E-state index < -0.39 is 12.0 Å². The van der Waals surface area contributed by atoms with E-state index in [0.29, 0.717) is 0 Å². The van der Waals surface area contributed by atoms with Gasteiger partial charge < -0.3 is 15.4 Å². The lowest BCUT2D eigenvalue weighted by Gasteiger charge is -2.13. The largest absolute Gasteiger partial charge is 0.439 e. The number of ether oxygens (including phenoxy) is 1. The van der Waals surface area contributed by atoms with Crippen molar-refractivity contribution in [2.24, 2.45) is 5.73 Å². The summed E-state index contributed by atoms with van der Waals surface area (Å²) < 4.78 is 4.60. The molecule has 1 aliphatic rings. The van der Waals surface area contributed by atoms with E-state index in [9.17, 15) is 9.59 Å². The standard InChI is InChI=1S/C7H12N2O3/c8-6(10)5-12-7(11)9-3-1-2-4-9/h1-5H2,(H2,8,10). The van der Waals surface area contributed by atoms with Gasteiger partial charge in [-0.05, 0) is 12.8 Å². The summed E-state index contributed by atoms with van der Waals surface area (Å²) in [6.07, 6.45) is 1.57. The van der Waals surface area contributed by atoms with Crippen LogP contribution in [0.3, 0.4) is 0 Å². The third-order valence-corrected chi connectivity index (χ3v) is 1.70. The van der Waals surface area contributed by atoms with Gasteiger partial charge in [-0.3, -0.25) is 4.79 Å². The van der Waals surface area contributed by atoms with Crippen molar-refractivity contribution in [3.8, 4) is 0 Å². The minimum Gasteiger partial charge on any atom is -0.439 e. The van der Waals surface area contributed by atoms with E-state index in [1.165, 1.54) is 0 Å². The summed E-state index contributed by atoms with van der Waals surface area (Å²) in [4.78, 5) is 22.9. The van der Waals surface area contributed by atoms with Crippen molar-refractivity contribution >= 4 is 12.0 Å². The zero-order valence-corrected chi connectivity index (χ0v) is 6.78. The van der Waals surface area contributed by atoms with Gasteiger partial charge in [0.1, 0.15) is 0 Å². The van der Waals surface area contributed by atoms with Crippen LogP contribution in [0.5, 0.6) is 0 Å². The van der Waals surface area contributed by atoms with Crippen molar-refractivity contribution in [1.82, 2.24) is 4.90 Å². The number of likely N-dealkylation sites (tertiary alicyclic amines) is 1. The number of hydrogen-bond donors (Lipinski definition) is 1. The molecule has 0 spiro atoms. The minimum absolute atomic E-state index is 0.324. The van der Waals surface area contributed by atoms with Crippen LogP contribution in [0.4, 0.5) is 4.79 Å². The Morgan fingerprint density at radius 3 is 2.42 bits per heavy atom. The second-order valence-electron chi connectivity index (χ2n) is 2.72. The van der Waals surface area contributed by atoms with Gasteiger partial charge in [0.15, 0.2) is 6.61 Å². The Balaban J connectivity index is 2.23. The average Bonchev–Trinajstić information content (AvgIpc) is 2.51. The van der Waals surface area contributed by atoms with Gasteiger partial charge >= 0.3 is 6.09 Å². The van der Waals surface area contributed by atoms with Gasteiger partial charge in [0.2, 0.25) is 0 Å². The average molecular weight is 172 g/mol. The number of rotatable bonds is 2. The van der Waals surface area contributed by atoms with Gasteiger partial charge in [0.05, 0.1) is 0 Å². The summed E-state index contributed by atoms with van der Waals surface area (Å²) in [5.41, 5.74) is 4.80. The van der Waals surface area contributed by atoms with Gasteiger partial charge in [-0.25, -0.2) is 4.79 Å². The molecular weight excluding hydrogens is 160 g/mol. The number of carbonyl (C=O) groups excluding carboxylic acids is 2. The predicted octanol–water partition coefficient (Wildman–Crippen LogP) is -0.296. The van der Waals surface area contributed by atoms with E-state index in [-0.39, 0.29) is 6.61 Å². The van der Waals surface area contributed by atoms with Crippen molar-refractivity contribution in [3.05, 3.63) is 0 Å². The van der Waals surface area contributed by atoms with Crippen LogP contribution in [-0.2, 0) is 9.53 Å². The molecule has 1 heterocycles. The van der Waals surface area contributed by atoms with E-state index in [4.69, 9.17) is 5.73 Å². The van der Waals surface area contributed by atoms with Crippen LogP contribution in [0.2, 0.25) is 0 Å². The smallest absolute Gasteiger partial charge is 0.410 e. The highest BCUT2D eigenvalue weighted by Crippen LogP contribution is 2.08. The fraction of sp³-hybridized carbons (Fsp3) is 0.714. The quantitative estimate of drug-likeness (QED) is 0.621. The first-order valence-electron chi connectivity index (χ1n) is 3.90. The molecule has 0 radical (unpaired) electrons. The monoisotopic (exact) mass is 172 g/mol. The van der Waals surface area contributed by atoms with Gasteiger partial charge in [0.25, 0.3) is 5.91 Å². The van der Waals surface area contributed by atoms with Gasteiger partial charge in [-0.1, -0.05) is 0 Å². The van der Waals surface area contributed by atoms with Crippen LogP contribution >= 0.6 is 0 Å². The lowest BCUT2D eigenvalue weighted by molar-refractivity contribution is -0.121. The molecule has 0 aromatic carbocycles. The molecule has 68 valence electrons. The summed E-state index contributed by atoms with van der Waals surface area (Å²) in [6.45, 7) is 1.12. The first-order chi connectivity index (χ1) is 5.70. The van der Waals surface area contributed by atoms with E-state index >= 15 is 0 Å². The number of nitrogens with two attached hydrogens (primary N) is 1. The summed E-state index contributed by atoms with van der Waals surface area (Å²) in [6, 6.07) is 0.